The molecule has 1 heterocycles. The van der Waals surface area contributed by atoms with Crippen molar-refractivity contribution in [1.29, 1.82) is 0 Å². The van der Waals surface area contributed by atoms with Crippen molar-refractivity contribution < 1.29 is 13.9 Å². The Kier molecular flexibility index (Phi) is 4.64. The fraction of sp³-hybridized carbons (Fsp3) is 0.474. The van der Waals surface area contributed by atoms with Crippen LogP contribution in [0.4, 0.5) is 0 Å². The number of ether oxygens (including phenoxy) is 1. The van der Waals surface area contributed by atoms with Crippen LogP contribution >= 0.6 is 0 Å². The molecule has 0 aliphatic carbocycles. The first-order valence-corrected chi connectivity index (χ1v) is 7.82. The smallest absolute Gasteiger partial charge is 0.376 e. The van der Waals surface area contributed by atoms with E-state index in [0.29, 0.717) is 11.6 Å². The lowest BCUT2D eigenvalue weighted by molar-refractivity contribution is 0.0429. The zero-order chi connectivity index (χ0) is 17.3. The van der Waals surface area contributed by atoms with Crippen LogP contribution in [0, 0.1) is 0 Å². The van der Waals surface area contributed by atoms with Crippen molar-refractivity contribution in [3.8, 4) is 0 Å². The maximum absolute atomic E-state index is 12.5. The van der Waals surface area contributed by atoms with Crippen molar-refractivity contribution in [3.05, 3.63) is 53.2 Å². The SMILES string of the molecule is CC(C)(C)c1nc(C(C)(C)C)c(C(=O)OCc2ccccc2)o1. The molecule has 0 unspecified atom stereocenters. The van der Waals surface area contributed by atoms with Gasteiger partial charge in [0.1, 0.15) is 6.61 Å². The average molecular weight is 315 g/mol. The summed E-state index contributed by atoms with van der Waals surface area (Å²) in [6, 6.07) is 9.58. The average Bonchev–Trinajstić information content (AvgIpc) is 2.91. The van der Waals surface area contributed by atoms with E-state index in [1.165, 1.54) is 0 Å². The van der Waals surface area contributed by atoms with Gasteiger partial charge in [0.05, 0.1) is 5.69 Å². The summed E-state index contributed by atoms with van der Waals surface area (Å²) in [5.74, 6) is 0.286. The van der Waals surface area contributed by atoms with Crippen LogP contribution in [0.3, 0.4) is 0 Å². The highest BCUT2D eigenvalue weighted by Gasteiger charge is 2.33. The van der Waals surface area contributed by atoms with Gasteiger partial charge in [0, 0.05) is 10.8 Å². The zero-order valence-electron chi connectivity index (χ0n) is 14.8. The van der Waals surface area contributed by atoms with Gasteiger partial charge in [-0.15, -0.1) is 0 Å². The summed E-state index contributed by atoms with van der Waals surface area (Å²) in [7, 11) is 0. The molecule has 0 aliphatic rings. The predicted molar refractivity (Wildman–Crippen MR) is 89.5 cm³/mol. The number of hydrogen-bond acceptors (Lipinski definition) is 4. The molecule has 23 heavy (non-hydrogen) atoms. The Morgan fingerprint density at radius 2 is 1.65 bits per heavy atom. The third-order valence-electron chi connectivity index (χ3n) is 3.38. The summed E-state index contributed by atoms with van der Waals surface area (Å²) in [5, 5.41) is 0. The van der Waals surface area contributed by atoms with Gasteiger partial charge >= 0.3 is 5.97 Å². The maximum Gasteiger partial charge on any atom is 0.376 e. The Morgan fingerprint density at radius 1 is 1.04 bits per heavy atom. The summed E-state index contributed by atoms with van der Waals surface area (Å²) < 4.78 is 11.2. The van der Waals surface area contributed by atoms with Crippen LogP contribution < -0.4 is 0 Å². The van der Waals surface area contributed by atoms with E-state index in [4.69, 9.17) is 9.15 Å². The number of oxazole rings is 1. The largest absolute Gasteiger partial charge is 0.455 e. The van der Waals surface area contributed by atoms with Crippen molar-refractivity contribution >= 4 is 5.97 Å². The lowest BCUT2D eigenvalue weighted by atomic mass is 9.90. The van der Waals surface area contributed by atoms with Crippen molar-refractivity contribution in [3.63, 3.8) is 0 Å². The molecule has 0 amide bonds. The van der Waals surface area contributed by atoms with Crippen molar-refractivity contribution in [2.24, 2.45) is 0 Å². The second-order valence-electron chi connectivity index (χ2n) is 7.76. The van der Waals surface area contributed by atoms with Gasteiger partial charge in [0.2, 0.25) is 11.7 Å². The summed E-state index contributed by atoms with van der Waals surface area (Å²) in [4.78, 5) is 17.0. The van der Waals surface area contributed by atoms with Crippen LogP contribution in [0.25, 0.3) is 0 Å². The Labute approximate surface area is 137 Å². The fourth-order valence-electron chi connectivity index (χ4n) is 2.08. The molecule has 1 aromatic heterocycles. The molecule has 0 saturated heterocycles. The van der Waals surface area contributed by atoms with Crippen LogP contribution in [0.1, 0.15) is 69.2 Å². The molecule has 0 spiro atoms. The van der Waals surface area contributed by atoms with Crippen LogP contribution in [-0.2, 0) is 22.2 Å². The molecular weight excluding hydrogens is 290 g/mol. The highest BCUT2D eigenvalue weighted by Crippen LogP contribution is 2.31. The van der Waals surface area contributed by atoms with Gasteiger partial charge in [-0.25, -0.2) is 9.78 Å². The summed E-state index contributed by atoms with van der Waals surface area (Å²) >= 11 is 0. The second kappa shape index (κ2) is 6.19. The molecule has 4 nitrogen and oxygen atoms in total. The number of nitrogens with zero attached hydrogens (tertiary/aromatic N) is 1. The standard InChI is InChI=1S/C19H25NO3/c1-18(2,3)15-14(23-17(20-15)19(4,5)6)16(21)22-12-13-10-8-7-9-11-13/h7-11H,12H2,1-6H3. The number of rotatable bonds is 3. The predicted octanol–water partition coefficient (Wildman–Crippen LogP) is 4.63. The van der Waals surface area contributed by atoms with E-state index in [1.807, 2.05) is 71.9 Å². The Balaban J connectivity index is 2.26. The molecule has 0 radical (unpaired) electrons. The maximum atomic E-state index is 12.5. The fourth-order valence-corrected chi connectivity index (χ4v) is 2.08. The van der Waals surface area contributed by atoms with Crippen LogP contribution in [0.15, 0.2) is 34.7 Å². The van der Waals surface area contributed by atoms with E-state index in [0.717, 1.165) is 5.56 Å². The number of benzene rings is 1. The molecule has 0 aliphatic heterocycles. The van der Waals surface area contributed by atoms with Crippen LogP contribution in [0.5, 0.6) is 0 Å². The minimum atomic E-state index is -0.471. The molecule has 4 heteroatoms. The van der Waals surface area contributed by atoms with Gasteiger partial charge < -0.3 is 9.15 Å². The monoisotopic (exact) mass is 315 g/mol. The molecule has 0 bridgehead atoms. The summed E-state index contributed by atoms with van der Waals surface area (Å²) in [6.07, 6.45) is 0. The number of hydrogen-bond donors (Lipinski definition) is 0. The summed E-state index contributed by atoms with van der Waals surface area (Å²) in [5.41, 5.74) is 1.01. The van der Waals surface area contributed by atoms with Gasteiger partial charge in [-0.1, -0.05) is 71.9 Å². The van der Waals surface area contributed by atoms with E-state index >= 15 is 0 Å². The number of carbonyl (C=O) groups is 1. The first-order valence-electron chi connectivity index (χ1n) is 7.82. The molecule has 2 rings (SSSR count). The zero-order valence-corrected chi connectivity index (χ0v) is 14.8. The van der Waals surface area contributed by atoms with E-state index in [-0.39, 0.29) is 23.2 Å². The quantitative estimate of drug-likeness (QED) is 0.775. The topological polar surface area (TPSA) is 52.3 Å². The molecule has 124 valence electrons. The normalized spacial score (nSPS) is 12.3. The lowest BCUT2D eigenvalue weighted by Gasteiger charge is -2.16. The third kappa shape index (κ3) is 4.21. The van der Waals surface area contributed by atoms with E-state index in [2.05, 4.69) is 4.98 Å². The first-order chi connectivity index (χ1) is 10.6. The van der Waals surface area contributed by atoms with Crippen molar-refractivity contribution in [2.75, 3.05) is 0 Å². The van der Waals surface area contributed by atoms with Gasteiger partial charge in [-0.3, -0.25) is 0 Å². The Hall–Kier alpha value is -2.10. The molecule has 0 N–H and O–H groups in total. The minimum absolute atomic E-state index is 0.207. The molecular formula is C19H25NO3. The number of carbonyl (C=O) groups excluding carboxylic acids is 1. The summed E-state index contributed by atoms with van der Waals surface area (Å²) in [6.45, 7) is 12.2. The van der Waals surface area contributed by atoms with E-state index in [1.54, 1.807) is 0 Å². The lowest BCUT2D eigenvalue weighted by Crippen LogP contribution is -2.18. The van der Waals surface area contributed by atoms with E-state index < -0.39 is 5.97 Å². The minimum Gasteiger partial charge on any atom is -0.455 e. The van der Waals surface area contributed by atoms with Gasteiger partial charge in [-0.2, -0.15) is 0 Å². The highest BCUT2D eigenvalue weighted by molar-refractivity contribution is 5.87. The van der Waals surface area contributed by atoms with Gasteiger partial charge in [0.25, 0.3) is 0 Å². The first kappa shape index (κ1) is 17.3. The van der Waals surface area contributed by atoms with Crippen molar-refractivity contribution in [2.45, 2.75) is 59.0 Å². The number of aromatic nitrogens is 1. The molecule has 0 fully saturated rings. The molecule has 1 aromatic carbocycles. The van der Waals surface area contributed by atoms with E-state index in [9.17, 15) is 4.79 Å². The second-order valence-corrected chi connectivity index (χ2v) is 7.76. The number of esters is 1. The van der Waals surface area contributed by atoms with Crippen LogP contribution in [-0.4, -0.2) is 11.0 Å². The third-order valence-corrected chi connectivity index (χ3v) is 3.38. The Morgan fingerprint density at radius 3 is 2.17 bits per heavy atom. The van der Waals surface area contributed by atoms with Crippen molar-refractivity contribution in [1.82, 2.24) is 4.98 Å². The molecule has 0 atom stereocenters. The van der Waals surface area contributed by atoms with Gasteiger partial charge in [0.15, 0.2) is 0 Å². The van der Waals surface area contributed by atoms with Crippen LogP contribution in [0.2, 0.25) is 0 Å². The molecule has 0 saturated carbocycles. The van der Waals surface area contributed by atoms with Gasteiger partial charge in [-0.05, 0) is 5.56 Å². The molecule has 2 aromatic rings. The Bertz CT molecular complexity index is 673. The highest BCUT2D eigenvalue weighted by atomic mass is 16.5.